The molecule has 0 bridgehead atoms. The van der Waals surface area contributed by atoms with Crippen molar-refractivity contribution in [1.29, 1.82) is 0 Å². The lowest BCUT2D eigenvalue weighted by atomic mass is 9.87. The summed E-state index contributed by atoms with van der Waals surface area (Å²) in [5.41, 5.74) is 4.86. The van der Waals surface area contributed by atoms with Crippen LogP contribution in [0.2, 0.25) is 5.02 Å². The van der Waals surface area contributed by atoms with Crippen LogP contribution in [-0.2, 0) is 24.0 Å². The molecule has 0 aliphatic carbocycles. The molecule has 4 amide bonds. The molecule has 35 heavy (non-hydrogen) atoms. The van der Waals surface area contributed by atoms with E-state index in [-0.39, 0.29) is 29.3 Å². The van der Waals surface area contributed by atoms with Crippen LogP contribution in [0.15, 0.2) is 24.3 Å². The fraction of sp³-hybridized carbons (Fsp3) is 0.458. The zero-order valence-electron chi connectivity index (χ0n) is 19.8. The molecule has 190 valence electrons. The second kappa shape index (κ2) is 11.9. The van der Waals surface area contributed by atoms with Gasteiger partial charge in [-0.2, -0.15) is 0 Å². The van der Waals surface area contributed by atoms with Gasteiger partial charge in [-0.15, -0.1) is 0 Å². The molecule has 1 saturated heterocycles. The maximum absolute atomic E-state index is 14.0. The predicted octanol–water partition coefficient (Wildman–Crippen LogP) is 1.48. The first-order valence-corrected chi connectivity index (χ1v) is 11.5. The average molecular weight is 509 g/mol. The van der Waals surface area contributed by atoms with Crippen molar-refractivity contribution < 1.29 is 28.4 Å². The van der Waals surface area contributed by atoms with Gasteiger partial charge in [0, 0.05) is 29.1 Å². The molecule has 1 fully saturated rings. The fourth-order valence-corrected chi connectivity index (χ4v) is 3.83. The number of nitrogens with one attached hydrogen (secondary N) is 3. The number of hydrogen-bond acceptors (Lipinski definition) is 5. The summed E-state index contributed by atoms with van der Waals surface area (Å²) in [7, 11) is 0. The molecular weight excluding hydrogens is 479 g/mol. The van der Waals surface area contributed by atoms with E-state index in [0.29, 0.717) is 13.0 Å². The van der Waals surface area contributed by atoms with Crippen molar-refractivity contribution >= 4 is 47.1 Å². The summed E-state index contributed by atoms with van der Waals surface area (Å²) in [5, 5.41) is 7.88. The molecule has 0 aromatic heterocycles. The molecular formula is C24H30ClFN4O5. The first-order chi connectivity index (χ1) is 16.3. The van der Waals surface area contributed by atoms with E-state index in [1.54, 1.807) is 0 Å². The largest absolute Gasteiger partial charge is 0.363 e. The number of ketones is 1. The third-order valence-electron chi connectivity index (χ3n) is 5.39. The van der Waals surface area contributed by atoms with Crippen LogP contribution < -0.4 is 21.7 Å². The van der Waals surface area contributed by atoms with Crippen molar-refractivity contribution in [2.24, 2.45) is 17.1 Å². The third-order valence-corrected chi connectivity index (χ3v) is 5.62. The van der Waals surface area contributed by atoms with E-state index in [1.165, 1.54) is 18.2 Å². The molecule has 1 heterocycles. The molecule has 3 atom stereocenters. The highest BCUT2D eigenvalue weighted by Crippen LogP contribution is 2.22. The Morgan fingerprint density at radius 2 is 1.91 bits per heavy atom. The normalized spacial score (nSPS) is 17.5. The Labute approximate surface area is 208 Å². The number of carbonyl (C=O) groups is 5. The van der Waals surface area contributed by atoms with Crippen LogP contribution in [0.25, 0.3) is 6.08 Å². The Kier molecular flexibility index (Phi) is 9.53. The van der Waals surface area contributed by atoms with Crippen LogP contribution in [0.3, 0.4) is 0 Å². The standard InChI is InChI=1S/C24H30ClFN4O5/c1-24(2,3)12-18(29-19(31)7-5-13-4-6-15(25)11-16(13)26)23(35)30-17(20(32)21(27)33)10-14-8-9-28-22(14)34/h4-7,11,14,17-18H,8-10,12H2,1-3H3,(H2,27,33)(H,28,34)(H,29,31)(H,30,35)/b7-5+/t14?,17?,18-/m0/s1. The Hall–Kier alpha value is -3.27. The Balaban J connectivity index is 2.17. The van der Waals surface area contributed by atoms with Crippen LogP contribution in [0, 0.1) is 17.2 Å². The number of benzene rings is 1. The van der Waals surface area contributed by atoms with Crippen LogP contribution in [0.4, 0.5) is 4.39 Å². The van der Waals surface area contributed by atoms with Crippen molar-refractivity contribution in [1.82, 2.24) is 16.0 Å². The van der Waals surface area contributed by atoms with Crippen molar-refractivity contribution in [3.63, 3.8) is 0 Å². The first kappa shape index (κ1) is 28.0. The fourth-order valence-electron chi connectivity index (χ4n) is 3.67. The second-order valence-electron chi connectivity index (χ2n) is 9.63. The van der Waals surface area contributed by atoms with Crippen molar-refractivity contribution in [3.05, 3.63) is 40.7 Å². The number of halogens is 2. The van der Waals surface area contributed by atoms with E-state index in [2.05, 4.69) is 16.0 Å². The van der Waals surface area contributed by atoms with E-state index in [1.807, 2.05) is 20.8 Å². The maximum Gasteiger partial charge on any atom is 0.287 e. The molecule has 1 aromatic rings. The first-order valence-electron chi connectivity index (χ1n) is 11.1. The van der Waals surface area contributed by atoms with Gasteiger partial charge in [0.05, 0.1) is 6.04 Å². The molecule has 11 heteroatoms. The zero-order valence-corrected chi connectivity index (χ0v) is 20.6. The van der Waals surface area contributed by atoms with Crippen LogP contribution in [0.5, 0.6) is 0 Å². The van der Waals surface area contributed by atoms with E-state index < -0.39 is 52.7 Å². The summed E-state index contributed by atoms with van der Waals surface area (Å²) in [6.45, 7) is 5.99. The van der Waals surface area contributed by atoms with Crippen molar-refractivity contribution in [3.8, 4) is 0 Å². The molecule has 0 radical (unpaired) electrons. The number of hydrogen-bond donors (Lipinski definition) is 4. The van der Waals surface area contributed by atoms with E-state index in [0.717, 1.165) is 12.1 Å². The monoisotopic (exact) mass is 508 g/mol. The van der Waals surface area contributed by atoms with Crippen LogP contribution >= 0.6 is 11.6 Å². The molecule has 5 N–H and O–H groups in total. The molecule has 0 spiro atoms. The number of nitrogens with two attached hydrogens (primary N) is 1. The molecule has 0 saturated carbocycles. The maximum atomic E-state index is 14.0. The average Bonchev–Trinajstić information content (AvgIpc) is 3.14. The van der Waals surface area contributed by atoms with Gasteiger partial charge in [0.15, 0.2) is 0 Å². The van der Waals surface area contributed by atoms with Crippen molar-refractivity contribution in [2.75, 3.05) is 6.54 Å². The third kappa shape index (κ3) is 8.79. The van der Waals surface area contributed by atoms with Gasteiger partial charge in [0.25, 0.3) is 5.91 Å². The number of carbonyl (C=O) groups excluding carboxylic acids is 5. The van der Waals surface area contributed by atoms with Gasteiger partial charge >= 0.3 is 0 Å². The summed E-state index contributed by atoms with van der Waals surface area (Å²) in [5.74, 6) is -5.10. The van der Waals surface area contributed by atoms with Crippen molar-refractivity contribution in [2.45, 2.75) is 52.1 Å². The van der Waals surface area contributed by atoms with Crippen LogP contribution in [0.1, 0.15) is 45.6 Å². The Morgan fingerprint density at radius 1 is 1.23 bits per heavy atom. The minimum Gasteiger partial charge on any atom is -0.363 e. The number of rotatable bonds is 10. The summed E-state index contributed by atoms with van der Waals surface area (Å²) >= 11 is 5.73. The lowest BCUT2D eigenvalue weighted by molar-refractivity contribution is -0.139. The summed E-state index contributed by atoms with van der Waals surface area (Å²) in [4.78, 5) is 61.4. The molecule has 2 unspecified atom stereocenters. The summed E-state index contributed by atoms with van der Waals surface area (Å²) in [6, 6.07) is 1.59. The van der Waals surface area contributed by atoms with Crippen LogP contribution in [-0.4, -0.2) is 48.0 Å². The number of Topliss-reactive ketones (excluding diaryl/α,β-unsaturated/α-hetero) is 1. The molecule has 1 aliphatic rings. The van der Waals surface area contributed by atoms with Gasteiger partial charge < -0.3 is 21.7 Å². The van der Waals surface area contributed by atoms with E-state index in [9.17, 15) is 28.4 Å². The lowest BCUT2D eigenvalue weighted by Gasteiger charge is -2.27. The highest BCUT2D eigenvalue weighted by atomic mass is 35.5. The molecule has 1 aliphatic heterocycles. The Morgan fingerprint density at radius 3 is 2.46 bits per heavy atom. The smallest absolute Gasteiger partial charge is 0.287 e. The topological polar surface area (TPSA) is 147 Å². The van der Waals surface area contributed by atoms with E-state index in [4.69, 9.17) is 17.3 Å². The second-order valence-corrected chi connectivity index (χ2v) is 10.1. The number of primary amides is 1. The van der Waals surface area contributed by atoms with Gasteiger partial charge in [-0.3, -0.25) is 24.0 Å². The summed E-state index contributed by atoms with van der Waals surface area (Å²) in [6.07, 6.45) is 2.86. The highest BCUT2D eigenvalue weighted by molar-refractivity contribution is 6.38. The SMILES string of the molecule is CC(C)(C)C[C@H](NC(=O)/C=C/c1ccc(Cl)cc1F)C(=O)NC(CC1CCNC1=O)C(=O)C(N)=O. The zero-order chi connectivity index (χ0) is 26.3. The van der Waals surface area contributed by atoms with Gasteiger partial charge in [-0.05, 0) is 42.9 Å². The van der Waals surface area contributed by atoms with E-state index >= 15 is 0 Å². The van der Waals surface area contributed by atoms with Gasteiger partial charge in [0.1, 0.15) is 11.9 Å². The highest BCUT2D eigenvalue weighted by Gasteiger charge is 2.35. The molecule has 9 nitrogen and oxygen atoms in total. The predicted molar refractivity (Wildman–Crippen MR) is 128 cm³/mol. The Bertz CT molecular complexity index is 1040. The lowest BCUT2D eigenvalue weighted by Crippen LogP contribution is -2.54. The minimum absolute atomic E-state index is 0.0920. The molecule has 2 rings (SSSR count). The van der Waals surface area contributed by atoms with Gasteiger partial charge in [0.2, 0.25) is 23.5 Å². The number of amides is 4. The van der Waals surface area contributed by atoms with Gasteiger partial charge in [-0.1, -0.05) is 38.4 Å². The quantitative estimate of drug-likeness (QED) is 0.279. The summed E-state index contributed by atoms with van der Waals surface area (Å²) < 4.78 is 14.0. The van der Waals surface area contributed by atoms with Gasteiger partial charge in [-0.25, -0.2) is 4.39 Å². The minimum atomic E-state index is -1.31. The molecule has 1 aromatic carbocycles.